The highest BCUT2D eigenvalue weighted by molar-refractivity contribution is 7.93. The number of nitrogens with zero attached hydrogens (tertiary/aromatic N) is 1. The van der Waals surface area contributed by atoms with Gasteiger partial charge in [0, 0.05) is 0 Å². The number of sulfonamides is 1. The Bertz CT molecular complexity index is 588. The first-order chi connectivity index (χ1) is 8.33. The van der Waals surface area contributed by atoms with Crippen molar-refractivity contribution in [3.05, 3.63) is 23.3 Å². The molecule has 6 heteroatoms. The van der Waals surface area contributed by atoms with Crippen LogP contribution < -0.4 is 10.5 Å². The fourth-order valence-corrected chi connectivity index (χ4v) is 2.84. The van der Waals surface area contributed by atoms with Crippen molar-refractivity contribution in [2.75, 3.05) is 10.5 Å². The van der Waals surface area contributed by atoms with Gasteiger partial charge < -0.3 is 5.73 Å². The van der Waals surface area contributed by atoms with Crippen LogP contribution in [0.2, 0.25) is 0 Å². The molecule has 0 heterocycles. The number of rotatable bonds is 4. The fourth-order valence-electron chi connectivity index (χ4n) is 1.57. The van der Waals surface area contributed by atoms with Crippen LogP contribution in [0.5, 0.6) is 0 Å². The molecule has 5 nitrogen and oxygen atoms in total. The molecule has 98 valence electrons. The van der Waals surface area contributed by atoms with E-state index in [0.717, 1.165) is 11.1 Å². The van der Waals surface area contributed by atoms with E-state index in [1.54, 1.807) is 26.0 Å². The van der Waals surface area contributed by atoms with Gasteiger partial charge in [-0.15, -0.1) is 0 Å². The van der Waals surface area contributed by atoms with Gasteiger partial charge in [-0.2, -0.15) is 5.26 Å². The molecule has 0 bridgehead atoms. The molecular formula is C12H17N3O2S. The highest BCUT2D eigenvalue weighted by Gasteiger charge is 2.24. The van der Waals surface area contributed by atoms with Gasteiger partial charge in [0.05, 0.1) is 17.4 Å². The Labute approximate surface area is 108 Å². The molecule has 0 saturated carbocycles. The molecule has 1 unspecified atom stereocenters. The quantitative estimate of drug-likeness (QED) is 0.815. The third-order valence-corrected chi connectivity index (χ3v) is 4.58. The predicted octanol–water partition coefficient (Wildman–Crippen LogP) is 1.93. The molecular weight excluding hydrogens is 250 g/mol. The Balaban J connectivity index is 3.21. The third-order valence-electron chi connectivity index (χ3n) is 2.90. The van der Waals surface area contributed by atoms with E-state index in [0.29, 0.717) is 11.4 Å². The van der Waals surface area contributed by atoms with Crippen molar-refractivity contribution in [2.45, 2.75) is 32.4 Å². The van der Waals surface area contributed by atoms with Gasteiger partial charge in [0.2, 0.25) is 10.0 Å². The Kier molecular flexibility index (Phi) is 4.19. The number of nitrogens with one attached hydrogen (secondary N) is 1. The topological polar surface area (TPSA) is 96.0 Å². The van der Waals surface area contributed by atoms with E-state index >= 15 is 0 Å². The van der Waals surface area contributed by atoms with E-state index in [4.69, 9.17) is 11.0 Å². The lowest BCUT2D eigenvalue weighted by atomic mass is 10.1. The lowest BCUT2D eigenvalue weighted by Gasteiger charge is -2.16. The number of hydrogen-bond donors (Lipinski definition) is 2. The molecule has 18 heavy (non-hydrogen) atoms. The Morgan fingerprint density at radius 3 is 2.56 bits per heavy atom. The number of benzene rings is 1. The van der Waals surface area contributed by atoms with Crippen molar-refractivity contribution < 1.29 is 8.42 Å². The molecule has 0 aliphatic rings. The summed E-state index contributed by atoms with van der Waals surface area (Å²) < 4.78 is 26.4. The van der Waals surface area contributed by atoms with Crippen LogP contribution >= 0.6 is 0 Å². The molecule has 1 aromatic rings. The number of nitrogen functional groups attached to an aromatic ring is 1. The number of nitriles is 1. The maximum atomic E-state index is 12.0. The first-order valence-corrected chi connectivity index (χ1v) is 7.15. The largest absolute Gasteiger partial charge is 0.397 e. The van der Waals surface area contributed by atoms with E-state index in [-0.39, 0.29) is 6.42 Å². The lowest BCUT2D eigenvalue weighted by Crippen LogP contribution is -2.26. The zero-order chi connectivity index (χ0) is 13.9. The second kappa shape index (κ2) is 5.27. The third kappa shape index (κ3) is 2.74. The highest BCUT2D eigenvalue weighted by Crippen LogP contribution is 2.27. The number of aryl methyl sites for hydroxylation is 1. The molecule has 1 aromatic carbocycles. The Morgan fingerprint density at radius 2 is 2.06 bits per heavy atom. The molecule has 0 aromatic heterocycles. The maximum Gasteiger partial charge on any atom is 0.249 e. The molecule has 0 radical (unpaired) electrons. The maximum absolute atomic E-state index is 12.0. The summed E-state index contributed by atoms with van der Waals surface area (Å²) in [6.45, 7) is 5.31. The molecule has 0 spiro atoms. The Morgan fingerprint density at radius 1 is 1.44 bits per heavy atom. The molecule has 1 rings (SSSR count). The van der Waals surface area contributed by atoms with E-state index in [9.17, 15) is 8.42 Å². The molecule has 0 aliphatic carbocycles. The van der Waals surface area contributed by atoms with Gasteiger partial charge in [0.25, 0.3) is 0 Å². The molecule has 0 saturated heterocycles. The summed E-state index contributed by atoms with van der Waals surface area (Å²) in [5, 5.41) is 7.76. The van der Waals surface area contributed by atoms with Gasteiger partial charge in [0.15, 0.2) is 5.25 Å². The number of nitrogens with two attached hydrogens (primary N) is 1. The summed E-state index contributed by atoms with van der Waals surface area (Å²) >= 11 is 0. The second-order valence-electron chi connectivity index (χ2n) is 4.14. The average Bonchev–Trinajstić information content (AvgIpc) is 2.31. The smallest absolute Gasteiger partial charge is 0.249 e. The highest BCUT2D eigenvalue weighted by atomic mass is 32.2. The first kappa shape index (κ1) is 14.3. The van der Waals surface area contributed by atoms with E-state index in [2.05, 4.69) is 4.72 Å². The van der Waals surface area contributed by atoms with Crippen LogP contribution in [0.3, 0.4) is 0 Å². The van der Waals surface area contributed by atoms with Crippen LogP contribution in [0.4, 0.5) is 11.4 Å². The van der Waals surface area contributed by atoms with E-state index in [1.165, 1.54) is 0 Å². The van der Waals surface area contributed by atoms with Gasteiger partial charge in [-0.3, -0.25) is 4.72 Å². The summed E-state index contributed by atoms with van der Waals surface area (Å²) in [7, 11) is -3.73. The van der Waals surface area contributed by atoms with Gasteiger partial charge in [-0.1, -0.05) is 13.0 Å². The SMILES string of the molecule is CCC(C#N)S(=O)(=O)Nc1c(N)ccc(C)c1C. The normalized spacial score (nSPS) is 12.8. The predicted molar refractivity (Wildman–Crippen MR) is 72.6 cm³/mol. The van der Waals surface area contributed by atoms with Gasteiger partial charge >= 0.3 is 0 Å². The molecule has 1 atom stereocenters. The van der Waals surface area contributed by atoms with Crippen LogP contribution in [0.1, 0.15) is 24.5 Å². The summed E-state index contributed by atoms with van der Waals surface area (Å²) in [6.07, 6.45) is 0.233. The fraction of sp³-hybridized carbons (Fsp3) is 0.417. The van der Waals surface area contributed by atoms with Crippen LogP contribution in [0.25, 0.3) is 0 Å². The van der Waals surface area contributed by atoms with Crippen molar-refractivity contribution in [1.82, 2.24) is 0 Å². The summed E-state index contributed by atoms with van der Waals surface area (Å²) in [5.74, 6) is 0. The first-order valence-electron chi connectivity index (χ1n) is 5.60. The number of hydrogen-bond acceptors (Lipinski definition) is 4. The minimum absolute atomic E-state index is 0.233. The van der Waals surface area contributed by atoms with Crippen LogP contribution in [-0.2, 0) is 10.0 Å². The monoisotopic (exact) mass is 267 g/mol. The summed E-state index contributed by atoms with van der Waals surface area (Å²) in [4.78, 5) is 0. The van der Waals surface area contributed by atoms with Gasteiger partial charge in [-0.05, 0) is 37.5 Å². The number of anilines is 2. The van der Waals surface area contributed by atoms with Crippen molar-refractivity contribution >= 4 is 21.4 Å². The Hall–Kier alpha value is -1.74. The van der Waals surface area contributed by atoms with Crippen molar-refractivity contribution in [3.63, 3.8) is 0 Å². The standard InChI is InChI=1S/C12H17N3O2S/c1-4-10(7-13)18(16,17)15-12-9(3)8(2)5-6-11(12)14/h5-6,10,15H,4,14H2,1-3H3. The lowest BCUT2D eigenvalue weighted by molar-refractivity contribution is 0.593. The zero-order valence-electron chi connectivity index (χ0n) is 10.7. The zero-order valence-corrected chi connectivity index (χ0v) is 11.5. The van der Waals surface area contributed by atoms with Crippen LogP contribution in [0.15, 0.2) is 12.1 Å². The summed E-state index contributed by atoms with van der Waals surface area (Å²) in [5.41, 5.74) is 8.20. The van der Waals surface area contributed by atoms with Crippen molar-refractivity contribution in [3.8, 4) is 6.07 Å². The van der Waals surface area contributed by atoms with Crippen molar-refractivity contribution in [1.29, 1.82) is 5.26 Å². The molecule has 0 aliphatic heterocycles. The molecule has 3 N–H and O–H groups in total. The second-order valence-corrected chi connectivity index (χ2v) is 6.01. The molecule has 0 amide bonds. The van der Waals surface area contributed by atoms with Crippen LogP contribution in [-0.4, -0.2) is 13.7 Å². The molecule has 0 fully saturated rings. The van der Waals surface area contributed by atoms with Gasteiger partial charge in [0.1, 0.15) is 0 Å². The van der Waals surface area contributed by atoms with E-state index in [1.807, 2.05) is 13.0 Å². The van der Waals surface area contributed by atoms with Crippen LogP contribution in [0, 0.1) is 25.2 Å². The summed E-state index contributed by atoms with van der Waals surface area (Å²) in [6, 6.07) is 5.24. The minimum Gasteiger partial charge on any atom is -0.397 e. The van der Waals surface area contributed by atoms with Crippen molar-refractivity contribution in [2.24, 2.45) is 0 Å². The average molecular weight is 267 g/mol. The van der Waals surface area contributed by atoms with Gasteiger partial charge in [-0.25, -0.2) is 8.42 Å². The minimum atomic E-state index is -3.73. The van der Waals surface area contributed by atoms with E-state index < -0.39 is 15.3 Å².